The van der Waals surface area contributed by atoms with Crippen molar-refractivity contribution in [2.45, 2.75) is 6.42 Å². The van der Waals surface area contributed by atoms with Crippen LogP contribution in [-0.4, -0.2) is 26.1 Å². The van der Waals surface area contributed by atoms with Gasteiger partial charge in [-0.15, -0.1) is 5.10 Å². The number of halogens is 1. The molecule has 3 aromatic rings. The van der Waals surface area contributed by atoms with E-state index in [0.717, 1.165) is 23.1 Å². The monoisotopic (exact) mass is 317 g/mol. The normalized spacial score (nSPS) is 10.8. The quantitative estimate of drug-likeness (QED) is 0.803. The van der Waals surface area contributed by atoms with Gasteiger partial charge in [0.1, 0.15) is 0 Å². The Bertz CT molecular complexity index is 680. The van der Waals surface area contributed by atoms with E-state index in [2.05, 4.69) is 42.4 Å². The van der Waals surface area contributed by atoms with E-state index in [-0.39, 0.29) is 0 Å². The molecule has 3 aromatic heterocycles. The zero-order valence-corrected chi connectivity index (χ0v) is 11.7. The predicted molar refractivity (Wildman–Crippen MR) is 77.1 cm³/mol. The first-order valence-electron chi connectivity index (χ1n) is 5.96. The molecule has 0 aliphatic carbocycles. The van der Waals surface area contributed by atoms with Gasteiger partial charge < -0.3 is 5.32 Å². The highest BCUT2D eigenvalue weighted by molar-refractivity contribution is 9.10. The number of aromatic nitrogens is 4. The van der Waals surface area contributed by atoms with Crippen LogP contribution in [0.2, 0.25) is 0 Å². The SMILES string of the molecule is Brc1cccn2nc(NCCc3cccnc3)nc12. The minimum atomic E-state index is 0.635. The van der Waals surface area contributed by atoms with Gasteiger partial charge in [-0.2, -0.15) is 4.98 Å². The Hall–Kier alpha value is -1.95. The molecule has 19 heavy (non-hydrogen) atoms. The number of nitrogens with zero attached hydrogens (tertiary/aromatic N) is 4. The molecule has 3 rings (SSSR count). The summed E-state index contributed by atoms with van der Waals surface area (Å²) in [6.45, 7) is 0.778. The number of nitrogens with one attached hydrogen (secondary N) is 1. The van der Waals surface area contributed by atoms with Crippen molar-refractivity contribution in [1.82, 2.24) is 19.6 Å². The second kappa shape index (κ2) is 5.36. The largest absolute Gasteiger partial charge is 0.353 e. The minimum absolute atomic E-state index is 0.635. The lowest BCUT2D eigenvalue weighted by Crippen LogP contribution is -2.06. The summed E-state index contributed by atoms with van der Waals surface area (Å²) >= 11 is 3.46. The van der Waals surface area contributed by atoms with Gasteiger partial charge >= 0.3 is 0 Å². The lowest BCUT2D eigenvalue weighted by Gasteiger charge is -2.00. The standard InChI is InChI=1S/C13H12BrN5/c14-11-4-2-8-19-12(11)17-13(18-19)16-7-5-10-3-1-6-15-9-10/h1-4,6,8-9H,5,7H2,(H,16,18). The van der Waals surface area contributed by atoms with Crippen LogP contribution in [0.5, 0.6) is 0 Å². The fraction of sp³-hybridized carbons (Fsp3) is 0.154. The van der Waals surface area contributed by atoms with Crippen molar-refractivity contribution < 1.29 is 0 Å². The molecule has 0 aliphatic heterocycles. The number of pyridine rings is 2. The minimum Gasteiger partial charge on any atom is -0.353 e. The Morgan fingerprint density at radius 3 is 3.00 bits per heavy atom. The lowest BCUT2D eigenvalue weighted by atomic mass is 10.2. The van der Waals surface area contributed by atoms with Gasteiger partial charge in [-0.1, -0.05) is 6.07 Å². The van der Waals surface area contributed by atoms with Gasteiger partial charge in [-0.05, 0) is 46.1 Å². The molecule has 96 valence electrons. The van der Waals surface area contributed by atoms with Gasteiger partial charge in [0.25, 0.3) is 0 Å². The summed E-state index contributed by atoms with van der Waals surface area (Å²) in [4.78, 5) is 8.51. The van der Waals surface area contributed by atoms with E-state index in [0.29, 0.717) is 5.95 Å². The smallest absolute Gasteiger partial charge is 0.243 e. The van der Waals surface area contributed by atoms with Crippen molar-refractivity contribution in [1.29, 1.82) is 0 Å². The van der Waals surface area contributed by atoms with Crippen LogP contribution in [0, 0.1) is 0 Å². The Kier molecular flexibility index (Phi) is 3.41. The van der Waals surface area contributed by atoms with E-state index in [9.17, 15) is 0 Å². The van der Waals surface area contributed by atoms with Gasteiger partial charge in [-0.25, -0.2) is 4.52 Å². The van der Waals surface area contributed by atoms with Crippen LogP contribution in [0.3, 0.4) is 0 Å². The van der Waals surface area contributed by atoms with E-state index in [4.69, 9.17) is 0 Å². The molecule has 0 radical (unpaired) electrons. The van der Waals surface area contributed by atoms with Crippen molar-refractivity contribution in [3.8, 4) is 0 Å². The van der Waals surface area contributed by atoms with Gasteiger partial charge in [0.2, 0.25) is 5.95 Å². The third-order valence-electron chi connectivity index (χ3n) is 2.73. The highest BCUT2D eigenvalue weighted by Crippen LogP contribution is 2.16. The van der Waals surface area contributed by atoms with Crippen molar-refractivity contribution in [3.63, 3.8) is 0 Å². The number of hydrogen-bond acceptors (Lipinski definition) is 4. The molecule has 5 nitrogen and oxygen atoms in total. The highest BCUT2D eigenvalue weighted by atomic mass is 79.9. The molecule has 6 heteroatoms. The van der Waals surface area contributed by atoms with Crippen LogP contribution in [0.25, 0.3) is 5.65 Å². The maximum Gasteiger partial charge on any atom is 0.243 e. The van der Waals surface area contributed by atoms with Gasteiger partial charge in [0.05, 0.1) is 4.47 Å². The Morgan fingerprint density at radius 2 is 2.21 bits per heavy atom. The maximum atomic E-state index is 4.42. The summed E-state index contributed by atoms with van der Waals surface area (Å²) in [5.74, 6) is 0.635. The van der Waals surface area contributed by atoms with Gasteiger partial charge in [0, 0.05) is 25.1 Å². The Morgan fingerprint density at radius 1 is 1.26 bits per heavy atom. The van der Waals surface area contributed by atoms with E-state index >= 15 is 0 Å². The first kappa shape index (κ1) is 12.1. The molecule has 0 aliphatic rings. The van der Waals surface area contributed by atoms with Crippen molar-refractivity contribution in [2.24, 2.45) is 0 Å². The summed E-state index contributed by atoms with van der Waals surface area (Å²) in [5.41, 5.74) is 2.01. The van der Waals surface area contributed by atoms with E-state index in [1.807, 2.05) is 30.6 Å². The van der Waals surface area contributed by atoms with Crippen LogP contribution in [-0.2, 0) is 6.42 Å². The number of hydrogen-bond donors (Lipinski definition) is 1. The summed E-state index contributed by atoms with van der Waals surface area (Å²) in [6.07, 6.45) is 6.41. The van der Waals surface area contributed by atoms with Crippen molar-refractivity contribution >= 4 is 27.5 Å². The number of fused-ring (bicyclic) bond motifs is 1. The van der Waals surface area contributed by atoms with Gasteiger partial charge in [0.15, 0.2) is 5.65 Å². The van der Waals surface area contributed by atoms with Crippen molar-refractivity contribution in [2.75, 3.05) is 11.9 Å². The molecule has 0 aromatic carbocycles. The molecule has 0 saturated heterocycles. The van der Waals surface area contributed by atoms with Crippen LogP contribution in [0.1, 0.15) is 5.56 Å². The highest BCUT2D eigenvalue weighted by Gasteiger charge is 2.05. The maximum absolute atomic E-state index is 4.42. The summed E-state index contributed by atoms with van der Waals surface area (Å²) < 4.78 is 2.68. The number of rotatable bonds is 4. The summed E-state index contributed by atoms with van der Waals surface area (Å²) in [6, 6.07) is 7.87. The van der Waals surface area contributed by atoms with Crippen LogP contribution < -0.4 is 5.32 Å². The average Bonchev–Trinajstić information content (AvgIpc) is 2.84. The zero-order valence-electron chi connectivity index (χ0n) is 10.1. The molecule has 0 spiro atoms. The molecule has 1 N–H and O–H groups in total. The third kappa shape index (κ3) is 2.73. The molecule has 0 amide bonds. The van der Waals surface area contributed by atoms with Crippen molar-refractivity contribution in [3.05, 3.63) is 52.9 Å². The summed E-state index contributed by atoms with van der Waals surface area (Å²) in [5, 5.41) is 7.57. The molecular weight excluding hydrogens is 306 g/mol. The fourth-order valence-corrected chi connectivity index (χ4v) is 2.24. The van der Waals surface area contributed by atoms with E-state index in [1.165, 1.54) is 5.56 Å². The van der Waals surface area contributed by atoms with Crippen LogP contribution in [0.4, 0.5) is 5.95 Å². The number of anilines is 1. The van der Waals surface area contributed by atoms with Crippen LogP contribution >= 0.6 is 15.9 Å². The van der Waals surface area contributed by atoms with E-state index in [1.54, 1.807) is 10.7 Å². The molecule has 0 atom stereocenters. The predicted octanol–water partition coefficient (Wildman–Crippen LogP) is 2.54. The molecular formula is C13H12BrN5. The second-order valence-electron chi connectivity index (χ2n) is 4.10. The fourth-order valence-electron chi connectivity index (χ4n) is 1.81. The topological polar surface area (TPSA) is 55.1 Å². The Balaban J connectivity index is 1.67. The second-order valence-corrected chi connectivity index (χ2v) is 4.95. The molecule has 3 heterocycles. The summed E-state index contributed by atoms with van der Waals surface area (Å²) in [7, 11) is 0. The van der Waals surface area contributed by atoms with Crippen LogP contribution in [0.15, 0.2) is 47.3 Å². The zero-order chi connectivity index (χ0) is 13.1. The third-order valence-corrected chi connectivity index (χ3v) is 3.35. The first-order valence-corrected chi connectivity index (χ1v) is 6.76. The lowest BCUT2D eigenvalue weighted by molar-refractivity contribution is 0.933. The first-order chi connectivity index (χ1) is 9.33. The van der Waals surface area contributed by atoms with Gasteiger partial charge in [-0.3, -0.25) is 4.98 Å². The molecule has 0 fully saturated rings. The van der Waals surface area contributed by atoms with E-state index < -0.39 is 0 Å². The Labute approximate surface area is 118 Å². The molecule has 0 saturated carbocycles. The molecule has 0 bridgehead atoms. The average molecular weight is 318 g/mol. The molecule has 0 unspecified atom stereocenters.